The zero-order valence-corrected chi connectivity index (χ0v) is 13.0. The number of ether oxygens (including phenoxy) is 1. The van der Waals surface area contributed by atoms with Crippen LogP contribution in [0.3, 0.4) is 0 Å². The highest BCUT2D eigenvalue weighted by Gasteiger charge is 2.24. The van der Waals surface area contributed by atoms with E-state index in [2.05, 4.69) is 0 Å². The van der Waals surface area contributed by atoms with Crippen LogP contribution >= 0.6 is 0 Å². The summed E-state index contributed by atoms with van der Waals surface area (Å²) in [6, 6.07) is 2.91. The van der Waals surface area contributed by atoms with Crippen molar-refractivity contribution < 1.29 is 18.3 Å². The average molecular weight is 312 g/mol. The number of amides is 1. The smallest absolute Gasteiger partial charge is 0.254 e. The molecule has 1 aromatic carbocycles. The summed E-state index contributed by atoms with van der Waals surface area (Å²) in [6.07, 6.45) is 1.89. The van der Waals surface area contributed by atoms with Crippen LogP contribution in [-0.4, -0.2) is 62.1 Å². The van der Waals surface area contributed by atoms with Crippen LogP contribution in [0, 0.1) is 11.6 Å². The van der Waals surface area contributed by atoms with Gasteiger partial charge in [-0.15, -0.1) is 0 Å². The highest BCUT2D eigenvalue weighted by molar-refractivity contribution is 5.94. The summed E-state index contributed by atoms with van der Waals surface area (Å²) in [7, 11) is 3.83. The van der Waals surface area contributed by atoms with Gasteiger partial charge in [0.2, 0.25) is 0 Å². The number of carbonyl (C=O) groups is 1. The zero-order chi connectivity index (χ0) is 16.1. The van der Waals surface area contributed by atoms with Crippen molar-refractivity contribution in [3.8, 4) is 0 Å². The molecule has 0 aromatic heterocycles. The lowest BCUT2D eigenvalue weighted by molar-refractivity contribution is 0.0511. The van der Waals surface area contributed by atoms with E-state index in [0.29, 0.717) is 26.2 Å². The molecule has 0 saturated carbocycles. The Kier molecular flexibility index (Phi) is 5.85. The fraction of sp³-hybridized carbons (Fsp3) is 0.562. The fourth-order valence-corrected chi connectivity index (χ4v) is 2.49. The molecule has 22 heavy (non-hydrogen) atoms. The number of benzene rings is 1. The Labute approximate surface area is 129 Å². The van der Waals surface area contributed by atoms with Gasteiger partial charge in [0.1, 0.15) is 11.6 Å². The maximum absolute atomic E-state index is 13.3. The summed E-state index contributed by atoms with van der Waals surface area (Å²) >= 11 is 0. The van der Waals surface area contributed by atoms with Gasteiger partial charge in [0.15, 0.2) is 0 Å². The standard InChI is InChI=1S/C16H22F2N2O2/c1-19(2)5-6-20(11-15-4-3-7-22-15)16(21)12-8-13(17)10-14(18)9-12/h8-10,15H,3-7,11H2,1-2H3. The molecule has 1 heterocycles. The van der Waals surface area contributed by atoms with Gasteiger partial charge in [-0.25, -0.2) is 8.78 Å². The van der Waals surface area contributed by atoms with Crippen molar-refractivity contribution in [2.24, 2.45) is 0 Å². The normalized spacial score (nSPS) is 18.0. The summed E-state index contributed by atoms with van der Waals surface area (Å²) in [5, 5.41) is 0. The van der Waals surface area contributed by atoms with E-state index >= 15 is 0 Å². The van der Waals surface area contributed by atoms with Gasteiger partial charge in [0, 0.05) is 37.9 Å². The minimum atomic E-state index is -0.743. The van der Waals surface area contributed by atoms with Crippen LogP contribution in [0.25, 0.3) is 0 Å². The van der Waals surface area contributed by atoms with Crippen molar-refractivity contribution in [1.82, 2.24) is 9.80 Å². The van der Waals surface area contributed by atoms with Crippen LogP contribution in [0.1, 0.15) is 23.2 Å². The van der Waals surface area contributed by atoms with Gasteiger partial charge in [-0.2, -0.15) is 0 Å². The van der Waals surface area contributed by atoms with E-state index in [0.717, 1.165) is 31.0 Å². The van der Waals surface area contributed by atoms with Crippen molar-refractivity contribution in [2.75, 3.05) is 40.3 Å². The van der Waals surface area contributed by atoms with Crippen molar-refractivity contribution in [3.63, 3.8) is 0 Å². The van der Waals surface area contributed by atoms with Crippen molar-refractivity contribution in [3.05, 3.63) is 35.4 Å². The molecule has 1 amide bonds. The SMILES string of the molecule is CN(C)CCN(CC1CCCO1)C(=O)c1cc(F)cc(F)c1. The van der Waals surface area contributed by atoms with Crippen LogP contribution in [0.2, 0.25) is 0 Å². The van der Waals surface area contributed by atoms with Crippen molar-refractivity contribution >= 4 is 5.91 Å². The molecule has 122 valence electrons. The largest absolute Gasteiger partial charge is 0.376 e. The van der Waals surface area contributed by atoms with E-state index in [-0.39, 0.29) is 17.6 Å². The zero-order valence-electron chi connectivity index (χ0n) is 13.0. The van der Waals surface area contributed by atoms with Crippen molar-refractivity contribution in [1.29, 1.82) is 0 Å². The molecule has 1 fully saturated rings. The second-order valence-corrected chi connectivity index (χ2v) is 5.85. The van der Waals surface area contributed by atoms with Crippen LogP contribution < -0.4 is 0 Å². The lowest BCUT2D eigenvalue weighted by Gasteiger charge is -2.27. The summed E-state index contributed by atoms with van der Waals surface area (Å²) in [5.41, 5.74) is 0.0363. The first-order valence-corrected chi connectivity index (χ1v) is 7.47. The van der Waals surface area contributed by atoms with Gasteiger partial charge >= 0.3 is 0 Å². The Morgan fingerprint density at radius 1 is 1.23 bits per heavy atom. The van der Waals surface area contributed by atoms with E-state index in [1.807, 2.05) is 19.0 Å². The molecule has 2 rings (SSSR count). The predicted octanol–water partition coefficient (Wildman–Crippen LogP) is 2.15. The van der Waals surface area contributed by atoms with E-state index in [4.69, 9.17) is 4.74 Å². The molecule has 4 nitrogen and oxygen atoms in total. The number of nitrogens with zero attached hydrogens (tertiary/aromatic N) is 2. The molecule has 1 atom stereocenters. The van der Waals surface area contributed by atoms with Gasteiger partial charge < -0.3 is 14.5 Å². The van der Waals surface area contributed by atoms with Crippen LogP contribution in [0.4, 0.5) is 8.78 Å². The second kappa shape index (κ2) is 7.65. The number of rotatable bonds is 6. The molecule has 1 unspecified atom stereocenters. The highest BCUT2D eigenvalue weighted by Crippen LogP contribution is 2.16. The second-order valence-electron chi connectivity index (χ2n) is 5.85. The van der Waals surface area contributed by atoms with E-state index in [1.54, 1.807) is 4.90 Å². The first kappa shape index (κ1) is 16.8. The maximum atomic E-state index is 13.3. The van der Waals surface area contributed by atoms with Gasteiger partial charge in [-0.1, -0.05) is 0 Å². The summed E-state index contributed by atoms with van der Waals surface area (Å²) in [5.74, 6) is -1.85. The Balaban J connectivity index is 2.12. The molecule has 1 aromatic rings. The molecule has 0 N–H and O–H groups in total. The average Bonchev–Trinajstić information content (AvgIpc) is 2.94. The fourth-order valence-electron chi connectivity index (χ4n) is 2.49. The third-order valence-electron chi connectivity index (χ3n) is 3.66. The topological polar surface area (TPSA) is 32.8 Å². The third-order valence-corrected chi connectivity index (χ3v) is 3.66. The Bertz CT molecular complexity index is 497. The molecule has 1 aliphatic heterocycles. The molecular formula is C16H22F2N2O2. The van der Waals surface area contributed by atoms with Gasteiger partial charge in [0.25, 0.3) is 5.91 Å². The van der Waals surface area contributed by atoms with Crippen LogP contribution in [-0.2, 0) is 4.74 Å². The van der Waals surface area contributed by atoms with E-state index in [1.165, 1.54) is 0 Å². The molecule has 0 radical (unpaired) electrons. The van der Waals surface area contributed by atoms with Gasteiger partial charge in [-0.05, 0) is 39.1 Å². The molecule has 0 spiro atoms. The highest BCUT2D eigenvalue weighted by atomic mass is 19.1. The first-order chi connectivity index (χ1) is 10.5. The van der Waals surface area contributed by atoms with Crippen LogP contribution in [0.15, 0.2) is 18.2 Å². The molecule has 0 bridgehead atoms. The third kappa shape index (κ3) is 4.74. The Morgan fingerprint density at radius 2 is 1.91 bits per heavy atom. The molecule has 6 heteroatoms. The van der Waals surface area contributed by atoms with Crippen molar-refractivity contribution in [2.45, 2.75) is 18.9 Å². The Hall–Kier alpha value is -1.53. The number of likely N-dealkylation sites (N-methyl/N-ethyl adjacent to an activating group) is 1. The van der Waals surface area contributed by atoms with Crippen LogP contribution in [0.5, 0.6) is 0 Å². The summed E-state index contributed by atoms with van der Waals surface area (Å²) in [4.78, 5) is 16.1. The van der Waals surface area contributed by atoms with E-state index < -0.39 is 11.6 Å². The summed E-state index contributed by atoms with van der Waals surface area (Å²) in [6.45, 7) is 2.32. The molecular weight excluding hydrogens is 290 g/mol. The minimum Gasteiger partial charge on any atom is -0.376 e. The van der Waals surface area contributed by atoms with Gasteiger partial charge in [-0.3, -0.25) is 4.79 Å². The lowest BCUT2D eigenvalue weighted by atomic mass is 10.1. The molecule has 1 saturated heterocycles. The number of halogens is 2. The maximum Gasteiger partial charge on any atom is 0.254 e. The monoisotopic (exact) mass is 312 g/mol. The molecule has 1 aliphatic rings. The van der Waals surface area contributed by atoms with E-state index in [9.17, 15) is 13.6 Å². The number of carbonyl (C=O) groups excluding carboxylic acids is 1. The predicted molar refractivity (Wildman–Crippen MR) is 79.8 cm³/mol. The van der Waals surface area contributed by atoms with Gasteiger partial charge in [0.05, 0.1) is 6.10 Å². The lowest BCUT2D eigenvalue weighted by Crippen LogP contribution is -2.41. The Morgan fingerprint density at radius 3 is 2.45 bits per heavy atom. The quantitative estimate of drug-likeness (QED) is 0.807. The minimum absolute atomic E-state index is 0.00418. The number of hydrogen-bond donors (Lipinski definition) is 0. The molecule has 0 aliphatic carbocycles. The summed E-state index contributed by atoms with van der Waals surface area (Å²) < 4.78 is 32.2. The first-order valence-electron chi connectivity index (χ1n) is 7.47. The number of hydrogen-bond acceptors (Lipinski definition) is 3.